The fraction of sp³-hybridized carbons (Fsp3) is 0.364. The summed E-state index contributed by atoms with van der Waals surface area (Å²) in [5.41, 5.74) is 0. The molecule has 1 heterocycles. The van der Waals surface area contributed by atoms with Gasteiger partial charge in [-0.2, -0.15) is 0 Å². The second kappa shape index (κ2) is 4.13. The molecule has 3 heteroatoms. The quantitative estimate of drug-likeness (QED) is 0.685. The molecule has 0 aliphatic carbocycles. The third-order valence-corrected chi connectivity index (χ3v) is 2.17. The molecule has 0 saturated heterocycles. The van der Waals surface area contributed by atoms with E-state index in [0.717, 1.165) is 24.2 Å². The fourth-order valence-corrected chi connectivity index (χ4v) is 1.46. The zero-order valence-corrected chi connectivity index (χ0v) is 7.81. The van der Waals surface area contributed by atoms with E-state index >= 15 is 0 Å². The normalized spacial score (nSPS) is 19.0. The number of fused-ring (bicyclic) bond motifs is 1. The Balaban J connectivity index is 2.02. The van der Waals surface area contributed by atoms with E-state index in [1.807, 2.05) is 24.3 Å². The molecule has 0 spiro atoms. The van der Waals surface area contributed by atoms with Crippen molar-refractivity contribution >= 4 is 6.29 Å². The maximum Gasteiger partial charge on any atom is 0.161 e. The molecule has 0 aromatic heterocycles. The van der Waals surface area contributed by atoms with E-state index in [1.54, 1.807) is 0 Å². The highest BCUT2D eigenvalue weighted by molar-refractivity contribution is 5.49. The van der Waals surface area contributed by atoms with Crippen molar-refractivity contribution in [2.75, 3.05) is 6.61 Å². The standard InChI is InChI=1S/C11H12O3/c12-7-3-4-9-8-13-10-5-1-2-6-11(10)14-9/h1-2,5-7,9H,3-4,8H2. The number of ether oxygens (including phenoxy) is 2. The predicted molar refractivity (Wildman–Crippen MR) is 51.7 cm³/mol. The van der Waals surface area contributed by atoms with Gasteiger partial charge in [-0.25, -0.2) is 0 Å². The van der Waals surface area contributed by atoms with Crippen molar-refractivity contribution in [2.24, 2.45) is 0 Å². The molecule has 2 rings (SSSR count). The second-order valence-electron chi connectivity index (χ2n) is 3.24. The van der Waals surface area contributed by atoms with Gasteiger partial charge in [-0.1, -0.05) is 12.1 Å². The van der Waals surface area contributed by atoms with Crippen molar-refractivity contribution in [3.63, 3.8) is 0 Å². The number of rotatable bonds is 3. The third kappa shape index (κ3) is 1.87. The molecule has 1 aliphatic rings. The topological polar surface area (TPSA) is 35.5 Å². The Kier molecular flexibility index (Phi) is 2.68. The van der Waals surface area contributed by atoms with Crippen molar-refractivity contribution in [3.05, 3.63) is 24.3 Å². The van der Waals surface area contributed by atoms with Crippen LogP contribution in [0.3, 0.4) is 0 Å². The fourth-order valence-electron chi connectivity index (χ4n) is 1.46. The average molecular weight is 192 g/mol. The molecule has 0 amide bonds. The highest BCUT2D eigenvalue weighted by Gasteiger charge is 2.19. The summed E-state index contributed by atoms with van der Waals surface area (Å²) in [7, 11) is 0. The van der Waals surface area contributed by atoms with E-state index in [1.165, 1.54) is 0 Å². The van der Waals surface area contributed by atoms with E-state index in [4.69, 9.17) is 9.47 Å². The molecule has 1 atom stereocenters. The lowest BCUT2D eigenvalue weighted by Gasteiger charge is -2.25. The molecule has 0 fully saturated rings. The van der Waals surface area contributed by atoms with Crippen molar-refractivity contribution in [1.29, 1.82) is 0 Å². The van der Waals surface area contributed by atoms with Crippen LogP contribution in [-0.4, -0.2) is 19.0 Å². The van der Waals surface area contributed by atoms with Crippen LogP contribution in [0, 0.1) is 0 Å². The number of hydrogen-bond acceptors (Lipinski definition) is 3. The molecule has 0 radical (unpaired) electrons. The molecule has 0 saturated carbocycles. The van der Waals surface area contributed by atoms with Crippen molar-refractivity contribution < 1.29 is 14.3 Å². The van der Waals surface area contributed by atoms with Gasteiger partial charge in [0.25, 0.3) is 0 Å². The Labute approximate surface area is 82.6 Å². The summed E-state index contributed by atoms with van der Waals surface area (Å²) in [6.45, 7) is 0.533. The Bertz CT molecular complexity index is 322. The van der Waals surface area contributed by atoms with Crippen LogP contribution in [-0.2, 0) is 4.79 Å². The Morgan fingerprint density at radius 1 is 1.36 bits per heavy atom. The molecule has 0 bridgehead atoms. The summed E-state index contributed by atoms with van der Waals surface area (Å²) in [5.74, 6) is 1.56. The monoisotopic (exact) mass is 192 g/mol. The highest BCUT2D eigenvalue weighted by Crippen LogP contribution is 2.31. The van der Waals surface area contributed by atoms with E-state index in [0.29, 0.717) is 13.0 Å². The van der Waals surface area contributed by atoms with Crippen LogP contribution in [0.5, 0.6) is 11.5 Å². The zero-order chi connectivity index (χ0) is 9.80. The van der Waals surface area contributed by atoms with Gasteiger partial charge in [0.05, 0.1) is 0 Å². The molecule has 0 N–H and O–H groups in total. The van der Waals surface area contributed by atoms with Gasteiger partial charge in [-0.05, 0) is 18.6 Å². The van der Waals surface area contributed by atoms with E-state index < -0.39 is 0 Å². The summed E-state index contributed by atoms with van der Waals surface area (Å²) in [4.78, 5) is 10.2. The second-order valence-corrected chi connectivity index (χ2v) is 3.24. The van der Waals surface area contributed by atoms with Gasteiger partial charge in [-0.3, -0.25) is 0 Å². The molecule has 1 aromatic rings. The van der Waals surface area contributed by atoms with Crippen LogP contribution in [0.2, 0.25) is 0 Å². The first-order valence-corrected chi connectivity index (χ1v) is 4.72. The van der Waals surface area contributed by atoms with Crippen LogP contribution in [0.15, 0.2) is 24.3 Å². The summed E-state index contributed by atoms with van der Waals surface area (Å²) < 4.78 is 11.1. The molecule has 3 nitrogen and oxygen atoms in total. The molecular weight excluding hydrogens is 180 g/mol. The van der Waals surface area contributed by atoms with Gasteiger partial charge in [0.1, 0.15) is 19.0 Å². The number of carbonyl (C=O) groups excluding carboxylic acids is 1. The van der Waals surface area contributed by atoms with E-state index in [9.17, 15) is 4.79 Å². The van der Waals surface area contributed by atoms with Crippen molar-refractivity contribution in [3.8, 4) is 11.5 Å². The largest absolute Gasteiger partial charge is 0.486 e. The minimum atomic E-state index is 0.00935. The smallest absolute Gasteiger partial charge is 0.161 e. The molecule has 1 unspecified atom stereocenters. The lowest BCUT2D eigenvalue weighted by molar-refractivity contribution is -0.108. The van der Waals surface area contributed by atoms with Gasteiger partial charge in [0.15, 0.2) is 11.5 Å². The highest BCUT2D eigenvalue weighted by atomic mass is 16.6. The van der Waals surface area contributed by atoms with Gasteiger partial charge in [0.2, 0.25) is 0 Å². The number of para-hydroxylation sites is 2. The number of hydrogen-bond donors (Lipinski definition) is 0. The maximum absolute atomic E-state index is 10.2. The van der Waals surface area contributed by atoms with Gasteiger partial charge in [0, 0.05) is 6.42 Å². The SMILES string of the molecule is O=CCCC1COc2ccccc2O1. The van der Waals surface area contributed by atoms with Crippen LogP contribution in [0.1, 0.15) is 12.8 Å². The number of benzene rings is 1. The van der Waals surface area contributed by atoms with Crippen LogP contribution in [0.4, 0.5) is 0 Å². The summed E-state index contributed by atoms with van der Waals surface area (Å²) in [6.07, 6.45) is 2.16. The van der Waals surface area contributed by atoms with Crippen LogP contribution >= 0.6 is 0 Å². The molecule has 74 valence electrons. The van der Waals surface area contributed by atoms with Crippen molar-refractivity contribution in [2.45, 2.75) is 18.9 Å². The van der Waals surface area contributed by atoms with Crippen molar-refractivity contribution in [1.82, 2.24) is 0 Å². The molecule has 14 heavy (non-hydrogen) atoms. The molecule has 1 aromatic carbocycles. The maximum atomic E-state index is 10.2. The Hall–Kier alpha value is -1.51. The minimum absolute atomic E-state index is 0.00935. The molecule has 1 aliphatic heterocycles. The van der Waals surface area contributed by atoms with Gasteiger partial charge >= 0.3 is 0 Å². The summed E-state index contributed by atoms with van der Waals surface area (Å²) >= 11 is 0. The lowest BCUT2D eigenvalue weighted by Crippen LogP contribution is -2.28. The van der Waals surface area contributed by atoms with Crippen LogP contribution < -0.4 is 9.47 Å². The zero-order valence-electron chi connectivity index (χ0n) is 7.81. The first-order chi connectivity index (χ1) is 6.90. The number of aldehydes is 1. The van der Waals surface area contributed by atoms with Crippen LogP contribution in [0.25, 0.3) is 0 Å². The van der Waals surface area contributed by atoms with Gasteiger partial charge < -0.3 is 14.3 Å². The minimum Gasteiger partial charge on any atom is -0.486 e. The first kappa shape index (κ1) is 9.06. The lowest BCUT2D eigenvalue weighted by atomic mass is 10.2. The Morgan fingerprint density at radius 3 is 2.93 bits per heavy atom. The molecular formula is C11H12O3. The first-order valence-electron chi connectivity index (χ1n) is 4.72. The summed E-state index contributed by atoms with van der Waals surface area (Å²) in [5, 5.41) is 0. The average Bonchev–Trinajstić information content (AvgIpc) is 2.26. The summed E-state index contributed by atoms with van der Waals surface area (Å²) in [6, 6.07) is 7.58. The Morgan fingerprint density at radius 2 is 2.14 bits per heavy atom. The predicted octanol–water partition coefficient (Wildman–Crippen LogP) is 1.81. The number of carbonyl (C=O) groups is 1. The van der Waals surface area contributed by atoms with E-state index in [-0.39, 0.29) is 6.10 Å². The van der Waals surface area contributed by atoms with E-state index in [2.05, 4.69) is 0 Å². The third-order valence-electron chi connectivity index (χ3n) is 2.17. The van der Waals surface area contributed by atoms with Gasteiger partial charge in [-0.15, -0.1) is 0 Å².